The van der Waals surface area contributed by atoms with Crippen LogP contribution in [-0.4, -0.2) is 18.0 Å². The van der Waals surface area contributed by atoms with Gasteiger partial charge in [0.1, 0.15) is 18.1 Å². The number of ether oxygens (including phenoxy) is 2. The molecular weight excluding hydrogens is 426 g/mol. The van der Waals surface area contributed by atoms with Gasteiger partial charge in [-0.1, -0.05) is 24.3 Å². The number of aryl methyl sites for hydroxylation is 1. The fourth-order valence-electron chi connectivity index (χ4n) is 3.39. The number of carbonyl (C=O) groups excluding carboxylic acids is 1. The number of anilines is 2. The predicted octanol–water partition coefficient (Wildman–Crippen LogP) is 5.39. The van der Waals surface area contributed by atoms with Crippen molar-refractivity contribution in [2.75, 3.05) is 18.2 Å². The summed E-state index contributed by atoms with van der Waals surface area (Å²) in [7, 11) is 1.61. The van der Waals surface area contributed by atoms with Crippen LogP contribution in [0, 0.1) is 6.92 Å². The SMILES string of the molecule is COc1cccc(OCc2ccccc2C(=O)Nc2ccc3nc(C)cc(N)c3c2)c1.Cl. The Morgan fingerprint density at radius 2 is 1.78 bits per heavy atom. The third kappa shape index (κ3) is 5.10. The van der Waals surface area contributed by atoms with E-state index in [1.54, 1.807) is 19.2 Å². The molecule has 3 aromatic carbocycles. The Labute approximate surface area is 192 Å². The number of pyridine rings is 1. The van der Waals surface area contributed by atoms with Gasteiger partial charge in [-0.05, 0) is 49.4 Å². The molecule has 4 rings (SSSR count). The van der Waals surface area contributed by atoms with Crippen molar-refractivity contribution in [3.63, 3.8) is 0 Å². The fraction of sp³-hybridized carbons (Fsp3) is 0.120. The second-order valence-electron chi connectivity index (χ2n) is 7.16. The molecule has 0 fully saturated rings. The van der Waals surface area contributed by atoms with Gasteiger partial charge in [-0.25, -0.2) is 0 Å². The zero-order valence-electron chi connectivity index (χ0n) is 17.8. The minimum absolute atomic E-state index is 0. The molecule has 0 saturated carbocycles. The van der Waals surface area contributed by atoms with Crippen LogP contribution in [0.5, 0.6) is 11.5 Å². The minimum atomic E-state index is -0.220. The lowest BCUT2D eigenvalue weighted by atomic mass is 10.1. The van der Waals surface area contributed by atoms with E-state index in [1.807, 2.05) is 67.6 Å². The summed E-state index contributed by atoms with van der Waals surface area (Å²) in [6.45, 7) is 2.15. The van der Waals surface area contributed by atoms with Gasteiger partial charge in [-0.2, -0.15) is 0 Å². The van der Waals surface area contributed by atoms with Crippen LogP contribution >= 0.6 is 12.4 Å². The van der Waals surface area contributed by atoms with Gasteiger partial charge < -0.3 is 20.5 Å². The molecule has 1 aromatic heterocycles. The average molecular weight is 450 g/mol. The molecule has 0 saturated heterocycles. The molecule has 0 unspecified atom stereocenters. The number of hydrogen-bond donors (Lipinski definition) is 2. The number of rotatable bonds is 6. The van der Waals surface area contributed by atoms with Gasteiger partial charge in [-0.3, -0.25) is 9.78 Å². The van der Waals surface area contributed by atoms with E-state index in [2.05, 4.69) is 10.3 Å². The highest BCUT2D eigenvalue weighted by molar-refractivity contribution is 6.06. The molecule has 3 N–H and O–H groups in total. The largest absolute Gasteiger partial charge is 0.497 e. The number of carbonyl (C=O) groups is 1. The van der Waals surface area contributed by atoms with E-state index < -0.39 is 0 Å². The Morgan fingerprint density at radius 3 is 2.59 bits per heavy atom. The number of aromatic nitrogens is 1. The number of halogens is 1. The number of benzene rings is 3. The number of nitrogens with two attached hydrogens (primary N) is 1. The smallest absolute Gasteiger partial charge is 0.256 e. The molecule has 164 valence electrons. The van der Waals surface area contributed by atoms with Crippen molar-refractivity contribution in [2.45, 2.75) is 13.5 Å². The standard InChI is InChI=1S/C25H23N3O3.ClH/c1-16-12-23(26)22-13-18(10-11-24(22)27-16)28-25(29)21-9-4-3-6-17(21)15-31-20-8-5-7-19(14-20)30-2;/h3-14H,15H2,1-2H3,(H2,26,27)(H,28,29);1H. The molecular formula is C25H24ClN3O3. The number of hydrogen-bond acceptors (Lipinski definition) is 5. The van der Waals surface area contributed by atoms with E-state index >= 15 is 0 Å². The summed E-state index contributed by atoms with van der Waals surface area (Å²) in [5, 5.41) is 3.75. The lowest BCUT2D eigenvalue weighted by Crippen LogP contribution is -2.15. The lowest BCUT2D eigenvalue weighted by molar-refractivity contribution is 0.102. The van der Waals surface area contributed by atoms with E-state index in [4.69, 9.17) is 15.2 Å². The van der Waals surface area contributed by atoms with Crippen LogP contribution in [0.1, 0.15) is 21.6 Å². The third-order valence-corrected chi connectivity index (χ3v) is 4.92. The third-order valence-electron chi connectivity index (χ3n) is 4.92. The second kappa shape index (κ2) is 10.0. The van der Waals surface area contributed by atoms with Gasteiger partial charge in [0, 0.05) is 39.6 Å². The second-order valence-corrected chi connectivity index (χ2v) is 7.16. The molecule has 0 radical (unpaired) electrons. The predicted molar refractivity (Wildman–Crippen MR) is 130 cm³/mol. The van der Waals surface area contributed by atoms with Crippen molar-refractivity contribution < 1.29 is 14.3 Å². The molecule has 1 amide bonds. The first kappa shape index (κ1) is 22.9. The summed E-state index contributed by atoms with van der Waals surface area (Å²) in [4.78, 5) is 17.5. The lowest BCUT2D eigenvalue weighted by Gasteiger charge is -2.13. The van der Waals surface area contributed by atoms with Gasteiger partial charge in [0.25, 0.3) is 5.91 Å². The summed E-state index contributed by atoms with van der Waals surface area (Å²) in [5.74, 6) is 1.16. The molecule has 0 atom stereocenters. The summed E-state index contributed by atoms with van der Waals surface area (Å²) in [6, 6.07) is 22.0. The number of nitrogen functional groups attached to an aromatic ring is 1. The molecule has 0 aliphatic rings. The molecule has 4 aromatic rings. The molecule has 0 bridgehead atoms. The van der Waals surface area contributed by atoms with Crippen molar-refractivity contribution in [2.24, 2.45) is 0 Å². The van der Waals surface area contributed by atoms with Crippen molar-refractivity contribution in [3.8, 4) is 11.5 Å². The zero-order valence-corrected chi connectivity index (χ0v) is 18.6. The Hall–Kier alpha value is -3.77. The number of methoxy groups -OCH3 is 1. The molecule has 1 heterocycles. The average Bonchev–Trinajstić information content (AvgIpc) is 2.78. The Morgan fingerprint density at radius 1 is 1.00 bits per heavy atom. The molecule has 7 heteroatoms. The monoisotopic (exact) mass is 449 g/mol. The van der Waals surface area contributed by atoms with Gasteiger partial charge in [0.2, 0.25) is 0 Å². The topological polar surface area (TPSA) is 86.5 Å². The summed E-state index contributed by atoms with van der Waals surface area (Å²) >= 11 is 0. The molecule has 32 heavy (non-hydrogen) atoms. The zero-order chi connectivity index (χ0) is 21.8. The van der Waals surface area contributed by atoms with Gasteiger partial charge >= 0.3 is 0 Å². The van der Waals surface area contributed by atoms with E-state index in [-0.39, 0.29) is 24.9 Å². The molecule has 0 aliphatic carbocycles. The molecule has 0 aliphatic heterocycles. The van der Waals surface area contributed by atoms with Crippen LogP contribution in [0.3, 0.4) is 0 Å². The maximum Gasteiger partial charge on any atom is 0.256 e. The highest BCUT2D eigenvalue weighted by Gasteiger charge is 2.13. The first-order valence-electron chi connectivity index (χ1n) is 9.86. The van der Waals surface area contributed by atoms with Crippen LogP contribution in [0.2, 0.25) is 0 Å². The van der Waals surface area contributed by atoms with Crippen molar-refractivity contribution in [1.82, 2.24) is 4.98 Å². The Kier molecular flexibility index (Phi) is 7.18. The normalized spacial score (nSPS) is 10.3. The minimum Gasteiger partial charge on any atom is -0.497 e. The van der Waals surface area contributed by atoms with Gasteiger partial charge in [-0.15, -0.1) is 12.4 Å². The van der Waals surface area contributed by atoms with E-state index in [0.717, 1.165) is 22.2 Å². The maximum atomic E-state index is 13.0. The van der Waals surface area contributed by atoms with Crippen LogP contribution in [0.25, 0.3) is 10.9 Å². The number of nitrogens with one attached hydrogen (secondary N) is 1. The van der Waals surface area contributed by atoms with Crippen LogP contribution in [0.15, 0.2) is 72.8 Å². The molecule has 0 spiro atoms. The van der Waals surface area contributed by atoms with Crippen molar-refractivity contribution in [3.05, 3.63) is 89.6 Å². The first-order valence-corrected chi connectivity index (χ1v) is 9.86. The number of amides is 1. The highest BCUT2D eigenvalue weighted by Crippen LogP contribution is 2.25. The quantitative estimate of drug-likeness (QED) is 0.412. The maximum absolute atomic E-state index is 13.0. The summed E-state index contributed by atoms with van der Waals surface area (Å²) in [6.07, 6.45) is 0. The van der Waals surface area contributed by atoms with E-state index in [0.29, 0.717) is 28.4 Å². The Balaban J connectivity index is 0.00000289. The summed E-state index contributed by atoms with van der Waals surface area (Å²) in [5.41, 5.74) is 10.4. The first-order chi connectivity index (χ1) is 15.0. The number of fused-ring (bicyclic) bond motifs is 1. The molecule has 6 nitrogen and oxygen atoms in total. The van der Waals surface area contributed by atoms with E-state index in [9.17, 15) is 4.79 Å². The van der Waals surface area contributed by atoms with Crippen LogP contribution in [0.4, 0.5) is 11.4 Å². The van der Waals surface area contributed by atoms with Gasteiger partial charge in [0.15, 0.2) is 0 Å². The Bertz CT molecular complexity index is 1260. The van der Waals surface area contributed by atoms with Gasteiger partial charge in [0.05, 0.1) is 12.6 Å². The van der Waals surface area contributed by atoms with Crippen LogP contribution in [-0.2, 0) is 6.61 Å². The van der Waals surface area contributed by atoms with Crippen molar-refractivity contribution in [1.29, 1.82) is 0 Å². The van der Waals surface area contributed by atoms with Crippen molar-refractivity contribution >= 4 is 40.6 Å². The fourth-order valence-corrected chi connectivity index (χ4v) is 3.39. The van der Waals surface area contributed by atoms with Crippen LogP contribution < -0.4 is 20.5 Å². The summed E-state index contributed by atoms with van der Waals surface area (Å²) < 4.78 is 11.1. The number of nitrogens with zero attached hydrogens (tertiary/aromatic N) is 1. The highest BCUT2D eigenvalue weighted by atomic mass is 35.5. The van der Waals surface area contributed by atoms with E-state index in [1.165, 1.54) is 0 Å².